The zero-order valence-electron chi connectivity index (χ0n) is 11.7. The highest BCUT2D eigenvalue weighted by Crippen LogP contribution is 2.30. The molecular formula is C18H15ClO2. The van der Waals surface area contributed by atoms with Gasteiger partial charge in [-0.1, -0.05) is 30.3 Å². The van der Waals surface area contributed by atoms with E-state index in [1.807, 2.05) is 48.5 Å². The van der Waals surface area contributed by atoms with E-state index in [0.29, 0.717) is 5.88 Å². The van der Waals surface area contributed by atoms with Crippen molar-refractivity contribution in [3.05, 3.63) is 66.2 Å². The summed E-state index contributed by atoms with van der Waals surface area (Å²) in [6, 6.07) is 19.7. The molecule has 0 bridgehead atoms. The number of rotatable bonds is 4. The molecule has 0 fully saturated rings. The van der Waals surface area contributed by atoms with Gasteiger partial charge in [-0.15, -0.1) is 11.6 Å². The van der Waals surface area contributed by atoms with Gasteiger partial charge < -0.3 is 9.47 Å². The summed E-state index contributed by atoms with van der Waals surface area (Å²) in [5.74, 6) is 2.74. The van der Waals surface area contributed by atoms with E-state index >= 15 is 0 Å². The standard InChI is InChI=1S/C18H15ClO2/c1-20-15-6-4-7-16(11-15)21-17-9-13-5-2-3-8-18(13)14(10-17)12-19/h2-11H,12H2,1H3. The number of fused-ring (bicyclic) bond motifs is 1. The lowest BCUT2D eigenvalue weighted by Crippen LogP contribution is -1.89. The van der Waals surface area contributed by atoms with Crippen molar-refractivity contribution >= 4 is 22.4 Å². The molecule has 106 valence electrons. The maximum Gasteiger partial charge on any atom is 0.131 e. The number of alkyl halides is 1. The van der Waals surface area contributed by atoms with E-state index in [1.165, 1.54) is 0 Å². The summed E-state index contributed by atoms with van der Waals surface area (Å²) >= 11 is 6.05. The fourth-order valence-corrected chi connectivity index (χ4v) is 2.55. The van der Waals surface area contributed by atoms with Crippen molar-refractivity contribution in [2.24, 2.45) is 0 Å². The lowest BCUT2D eigenvalue weighted by Gasteiger charge is -2.11. The fourth-order valence-electron chi connectivity index (χ4n) is 2.33. The second-order valence-corrected chi connectivity index (χ2v) is 4.99. The van der Waals surface area contributed by atoms with Crippen molar-refractivity contribution < 1.29 is 9.47 Å². The maximum atomic E-state index is 6.05. The van der Waals surface area contributed by atoms with Crippen LogP contribution in [-0.2, 0) is 5.88 Å². The van der Waals surface area contributed by atoms with Crippen molar-refractivity contribution in [1.82, 2.24) is 0 Å². The summed E-state index contributed by atoms with van der Waals surface area (Å²) in [7, 11) is 1.64. The molecule has 2 nitrogen and oxygen atoms in total. The molecule has 0 atom stereocenters. The Kier molecular flexibility index (Phi) is 3.98. The van der Waals surface area contributed by atoms with Gasteiger partial charge in [0.1, 0.15) is 17.2 Å². The van der Waals surface area contributed by atoms with Crippen molar-refractivity contribution in [2.45, 2.75) is 5.88 Å². The van der Waals surface area contributed by atoms with E-state index in [-0.39, 0.29) is 0 Å². The predicted molar refractivity (Wildman–Crippen MR) is 86.6 cm³/mol. The van der Waals surface area contributed by atoms with E-state index in [1.54, 1.807) is 7.11 Å². The minimum absolute atomic E-state index is 0.454. The van der Waals surface area contributed by atoms with Crippen LogP contribution >= 0.6 is 11.6 Å². The molecule has 0 aliphatic rings. The van der Waals surface area contributed by atoms with Crippen LogP contribution in [0.15, 0.2) is 60.7 Å². The molecule has 3 rings (SSSR count). The minimum atomic E-state index is 0.454. The first kappa shape index (κ1) is 13.8. The highest BCUT2D eigenvalue weighted by molar-refractivity contribution is 6.18. The third-order valence-corrected chi connectivity index (χ3v) is 3.63. The fraction of sp³-hybridized carbons (Fsp3) is 0.111. The third kappa shape index (κ3) is 2.96. The Morgan fingerprint density at radius 1 is 0.857 bits per heavy atom. The molecule has 0 aliphatic heterocycles. The molecule has 0 aromatic heterocycles. The van der Waals surface area contributed by atoms with Crippen LogP contribution in [0.3, 0.4) is 0 Å². The van der Waals surface area contributed by atoms with Crippen molar-refractivity contribution in [3.63, 3.8) is 0 Å². The average molecular weight is 299 g/mol. The van der Waals surface area contributed by atoms with E-state index < -0.39 is 0 Å². The summed E-state index contributed by atoms with van der Waals surface area (Å²) in [5.41, 5.74) is 1.06. The molecular weight excluding hydrogens is 284 g/mol. The Morgan fingerprint density at radius 3 is 2.48 bits per heavy atom. The summed E-state index contributed by atoms with van der Waals surface area (Å²) in [6.45, 7) is 0. The van der Waals surface area contributed by atoms with Gasteiger partial charge in [0, 0.05) is 11.9 Å². The van der Waals surface area contributed by atoms with Crippen LogP contribution in [0.5, 0.6) is 17.2 Å². The first-order chi connectivity index (χ1) is 10.3. The molecule has 3 aromatic rings. The molecule has 0 saturated heterocycles. The van der Waals surface area contributed by atoms with Crippen LogP contribution in [0.25, 0.3) is 10.8 Å². The van der Waals surface area contributed by atoms with Crippen LogP contribution in [-0.4, -0.2) is 7.11 Å². The molecule has 0 N–H and O–H groups in total. The van der Waals surface area contributed by atoms with Gasteiger partial charge in [-0.05, 0) is 40.6 Å². The molecule has 0 aliphatic carbocycles. The Morgan fingerprint density at radius 2 is 1.67 bits per heavy atom. The van der Waals surface area contributed by atoms with Gasteiger partial charge in [-0.2, -0.15) is 0 Å². The topological polar surface area (TPSA) is 18.5 Å². The Labute approximate surface area is 128 Å². The Bertz CT molecular complexity index is 768. The van der Waals surface area contributed by atoms with Crippen LogP contribution in [0.1, 0.15) is 5.56 Å². The van der Waals surface area contributed by atoms with Gasteiger partial charge in [0.2, 0.25) is 0 Å². The second kappa shape index (κ2) is 6.06. The number of methoxy groups -OCH3 is 1. The van der Waals surface area contributed by atoms with E-state index in [4.69, 9.17) is 21.1 Å². The minimum Gasteiger partial charge on any atom is -0.497 e. The molecule has 0 saturated carbocycles. The SMILES string of the molecule is COc1cccc(Oc2cc(CCl)c3ccccc3c2)c1. The van der Waals surface area contributed by atoms with Crippen LogP contribution in [0.2, 0.25) is 0 Å². The molecule has 3 heteroatoms. The van der Waals surface area contributed by atoms with Gasteiger partial charge in [0.25, 0.3) is 0 Å². The lowest BCUT2D eigenvalue weighted by atomic mass is 10.1. The second-order valence-electron chi connectivity index (χ2n) is 4.72. The predicted octanol–water partition coefficient (Wildman–Crippen LogP) is 5.38. The van der Waals surface area contributed by atoms with Crippen LogP contribution in [0, 0.1) is 0 Å². The third-order valence-electron chi connectivity index (χ3n) is 3.34. The smallest absolute Gasteiger partial charge is 0.131 e. The average Bonchev–Trinajstić information content (AvgIpc) is 2.54. The summed E-state index contributed by atoms with van der Waals surface area (Å²) < 4.78 is 11.1. The largest absolute Gasteiger partial charge is 0.497 e. The highest BCUT2D eigenvalue weighted by Gasteiger charge is 2.05. The van der Waals surface area contributed by atoms with Crippen LogP contribution < -0.4 is 9.47 Å². The number of benzene rings is 3. The first-order valence-electron chi connectivity index (χ1n) is 6.69. The number of ether oxygens (including phenoxy) is 2. The molecule has 21 heavy (non-hydrogen) atoms. The van der Waals surface area contributed by atoms with E-state index in [2.05, 4.69) is 12.1 Å². The zero-order chi connectivity index (χ0) is 14.7. The number of hydrogen-bond acceptors (Lipinski definition) is 2. The van der Waals surface area contributed by atoms with Gasteiger partial charge in [-0.3, -0.25) is 0 Å². The molecule has 0 amide bonds. The molecule has 3 aromatic carbocycles. The van der Waals surface area contributed by atoms with Crippen LogP contribution in [0.4, 0.5) is 0 Å². The molecule has 0 unspecified atom stereocenters. The summed E-state index contributed by atoms with van der Waals surface area (Å²) in [4.78, 5) is 0. The highest BCUT2D eigenvalue weighted by atomic mass is 35.5. The van der Waals surface area contributed by atoms with E-state index in [0.717, 1.165) is 33.6 Å². The van der Waals surface area contributed by atoms with Gasteiger partial charge in [0.05, 0.1) is 7.11 Å². The molecule has 0 spiro atoms. The number of halogens is 1. The lowest BCUT2D eigenvalue weighted by molar-refractivity contribution is 0.409. The normalized spacial score (nSPS) is 10.6. The van der Waals surface area contributed by atoms with Crippen molar-refractivity contribution in [2.75, 3.05) is 7.11 Å². The van der Waals surface area contributed by atoms with Crippen molar-refractivity contribution in [1.29, 1.82) is 0 Å². The Balaban J connectivity index is 2.00. The zero-order valence-corrected chi connectivity index (χ0v) is 12.4. The first-order valence-corrected chi connectivity index (χ1v) is 7.23. The Hall–Kier alpha value is -2.19. The molecule has 0 radical (unpaired) electrons. The van der Waals surface area contributed by atoms with Gasteiger partial charge in [-0.25, -0.2) is 0 Å². The summed E-state index contributed by atoms with van der Waals surface area (Å²) in [5, 5.41) is 2.28. The van der Waals surface area contributed by atoms with Gasteiger partial charge in [0.15, 0.2) is 0 Å². The number of hydrogen-bond donors (Lipinski definition) is 0. The van der Waals surface area contributed by atoms with Crippen molar-refractivity contribution in [3.8, 4) is 17.2 Å². The summed E-state index contributed by atoms with van der Waals surface area (Å²) in [6.07, 6.45) is 0. The quantitative estimate of drug-likeness (QED) is 0.602. The molecule has 0 heterocycles. The van der Waals surface area contributed by atoms with E-state index in [9.17, 15) is 0 Å². The maximum absolute atomic E-state index is 6.05. The monoisotopic (exact) mass is 298 g/mol. The van der Waals surface area contributed by atoms with Gasteiger partial charge >= 0.3 is 0 Å².